The molecule has 30 heavy (non-hydrogen) atoms. The van der Waals surface area contributed by atoms with Crippen LogP contribution in [0.1, 0.15) is 40.0 Å². The average molecular weight is 456 g/mol. The van der Waals surface area contributed by atoms with E-state index in [9.17, 15) is 22.8 Å². The van der Waals surface area contributed by atoms with Crippen molar-refractivity contribution in [3.63, 3.8) is 0 Å². The van der Waals surface area contributed by atoms with Crippen molar-refractivity contribution in [1.29, 1.82) is 0 Å². The number of urea groups is 1. The lowest BCUT2D eigenvalue weighted by molar-refractivity contribution is -0.136. The summed E-state index contributed by atoms with van der Waals surface area (Å²) in [5, 5.41) is 5.46. The highest BCUT2D eigenvalue weighted by Crippen LogP contribution is 2.46. The van der Waals surface area contributed by atoms with Gasteiger partial charge >= 0.3 is 6.03 Å². The molecule has 164 valence electrons. The first-order chi connectivity index (χ1) is 13.7. The fraction of sp³-hybridized carbons (Fsp3) is 0.550. The van der Waals surface area contributed by atoms with E-state index in [1.165, 1.54) is 18.2 Å². The third kappa shape index (κ3) is 4.46. The third-order valence-electron chi connectivity index (χ3n) is 5.57. The van der Waals surface area contributed by atoms with Gasteiger partial charge in [-0.15, -0.1) is 0 Å². The van der Waals surface area contributed by atoms with Crippen LogP contribution < -0.4 is 10.6 Å². The molecule has 2 fully saturated rings. The highest BCUT2D eigenvalue weighted by molar-refractivity contribution is 7.90. The Morgan fingerprint density at radius 1 is 1.30 bits per heavy atom. The van der Waals surface area contributed by atoms with Gasteiger partial charge in [-0.1, -0.05) is 32.4 Å². The van der Waals surface area contributed by atoms with Crippen LogP contribution >= 0.6 is 11.6 Å². The van der Waals surface area contributed by atoms with Gasteiger partial charge < -0.3 is 10.6 Å². The predicted octanol–water partition coefficient (Wildman–Crippen LogP) is 2.82. The van der Waals surface area contributed by atoms with Gasteiger partial charge in [-0.25, -0.2) is 13.2 Å². The van der Waals surface area contributed by atoms with Gasteiger partial charge in [0.1, 0.15) is 12.1 Å². The number of hydrogen-bond donors (Lipinski definition) is 2. The zero-order chi connectivity index (χ0) is 22.5. The molecule has 1 aliphatic carbocycles. The van der Waals surface area contributed by atoms with Crippen LogP contribution in [0.4, 0.5) is 10.5 Å². The molecule has 1 spiro atoms. The summed E-state index contributed by atoms with van der Waals surface area (Å²) in [7, 11) is -3.49. The number of benzene rings is 1. The first kappa shape index (κ1) is 22.6. The van der Waals surface area contributed by atoms with E-state index >= 15 is 0 Å². The summed E-state index contributed by atoms with van der Waals surface area (Å²) in [6.45, 7) is 5.70. The topological polar surface area (TPSA) is 113 Å². The zero-order valence-electron chi connectivity index (χ0n) is 17.4. The summed E-state index contributed by atoms with van der Waals surface area (Å²) >= 11 is 6.06. The number of imide groups is 1. The lowest BCUT2D eigenvalue weighted by atomic mass is 9.64. The lowest BCUT2D eigenvalue weighted by Gasteiger charge is -2.43. The van der Waals surface area contributed by atoms with Crippen LogP contribution in [0.5, 0.6) is 0 Å². The van der Waals surface area contributed by atoms with E-state index in [4.69, 9.17) is 11.6 Å². The highest BCUT2D eigenvalue weighted by Gasteiger charge is 2.56. The van der Waals surface area contributed by atoms with Crippen LogP contribution in [0, 0.1) is 11.3 Å². The van der Waals surface area contributed by atoms with E-state index in [1.807, 2.05) is 6.92 Å². The summed E-state index contributed by atoms with van der Waals surface area (Å²) in [6.07, 6.45) is 3.03. The van der Waals surface area contributed by atoms with Gasteiger partial charge in [-0.3, -0.25) is 14.5 Å². The Kier molecular flexibility index (Phi) is 5.66. The number of nitrogens with zero attached hydrogens (tertiary/aromatic N) is 1. The van der Waals surface area contributed by atoms with Gasteiger partial charge in [0.15, 0.2) is 9.84 Å². The third-order valence-corrected chi connectivity index (χ3v) is 7.01. The molecule has 1 saturated heterocycles. The Balaban J connectivity index is 1.77. The van der Waals surface area contributed by atoms with E-state index in [2.05, 4.69) is 24.5 Å². The maximum absolute atomic E-state index is 13.1. The number of carbonyl (C=O) groups is 3. The van der Waals surface area contributed by atoms with Crippen molar-refractivity contribution < 1.29 is 22.8 Å². The van der Waals surface area contributed by atoms with E-state index < -0.39 is 39.8 Å². The van der Waals surface area contributed by atoms with E-state index in [-0.39, 0.29) is 26.9 Å². The van der Waals surface area contributed by atoms with Gasteiger partial charge in [-0.05, 0) is 48.8 Å². The normalized spacial score (nSPS) is 26.0. The molecule has 2 atom stereocenters. The second kappa shape index (κ2) is 7.53. The molecule has 4 amide bonds. The van der Waals surface area contributed by atoms with E-state index in [0.29, 0.717) is 12.8 Å². The van der Waals surface area contributed by atoms with Crippen LogP contribution in [-0.4, -0.2) is 49.5 Å². The minimum absolute atomic E-state index is 0.00503. The Morgan fingerprint density at radius 2 is 1.97 bits per heavy atom. The molecule has 0 radical (unpaired) electrons. The van der Waals surface area contributed by atoms with Crippen LogP contribution in [0.2, 0.25) is 5.02 Å². The van der Waals surface area contributed by atoms with Gasteiger partial charge in [0.25, 0.3) is 5.91 Å². The van der Waals surface area contributed by atoms with Crippen molar-refractivity contribution in [2.75, 3.05) is 18.1 Å². The van der Waals surface area contributed by atoms with Crippen LogP contribution in [0.3, 0.4) is 0 Å². The maximum atomic E-state index is 13.1. The lowest BCUT2D eigenvalue weighted by Crippen LogP contribution is -2.54. The van der Waals surface area contributed by atoms with E-state index in [1.54, 1.807) is 0 Å². The number of amides is 4. The molecule has 10 heteroatoms. The van der Waals surface area contributed by atoms with Crippen molar-refractivity contribution in [3.8, 4) is 0 Å². The molecule has 0 bridgehead atoms. The Labute approximate surface area is 181 Å². The monoisotopic (exact) mass is 455 g/mol. The van der Waals surface area contributed by atoms with Crippen molar-refractivity contribution >= 4 is 45.0 Å². The van der Waals surface area contributed by atoms with Crippen LogP contribution in [0.15, 0.2) is 23.1 Å². The Hall–Kier alpha value is -2.13. The number of hydrogen-bond acceptors (Lipinski definition) is 5. The number of anilines is 1. The number of carbonyl (C=O) groups excluding carboxylic acids is 3. The highest BCUT2D eigenvalue weighted by atomic mass is 35.5. The maximum Gasteiger partial charge on any atom is 0.325 e. The van der Waals surface area contributed by atoms with Gasteiger partial charge in [0.2, 0.25) is 5.91 Å². The molecule has 2 N–H and O–H groups in total. The summed E-state index contributed by atoms with van der Waals surface area (Å²) in [5.74, 6) is -0.797. The summed E-state index contributed by atoms with van der Waals surface area (Å²) in [5.41, 5.74) is -1.01. The molecule has 0 aromatic heterocycles. The second-order valence-electron chi connectivity index (χ2n) is 9.22. The Bertz CT molecular complexity index is 1020. The summed E-state index contributed by atoms with van der Waals surface area (Å²) in [6, 6.07) is 3.34. The number of nitrogens with one attached hydrogen (secondary N) is 2. The quantitative estimate of drug-likeness (QED) is 0.678. The van der Waals surface area contributed by atoms with Crippen molar-refractivity contribution in [2.24, 2.45) is 11.3 Å². The molecule has 3 rings (SSSR count). The molecular weight excluding hydrogens is 430 g/mol. The SMILES string of the molecule is C[C@@H]1CC(C)(C)C[C@@]2(C1)NC(=O)N(CC(=O)Nc1cc(S(C)(=O)=O)ccc1Cl)C2=O. The molecule has 1 saturated carbocycles. The molecule has 1 aromatic rings. The molecule has 0 unspecified atom stereocenters. The standard InChI is InChI=1S/C20H26ClN3O5S/c1-12-8-19(2,3)11-20(9-12)17(26)24(18(27)23-20)10-16(25)22-15-7-13(30(4,28)29)5-6-14(15)21/h5-7,12H,8-11H2,1-4H3,(H,22,25)(H,23,27)/t12-,20-/m1/s1. The van der Waals surface area contributed by atoms with Crippen LogP contribution in [-0.2, 0) is 19.4 Å². The fourth-order valence-corrected chi connectivity index (χ4v) is 5.63. The average Bonchev–Trinajstić information content (AvgIpc) is 2.77. The smallest absolute Gasteiger partial charge is 0.323 e. The number of sulfone groups is 1. The second-order valence-corrected chi connectivity index (χ2v) is 11.6. The summed E-state index contributed by atoms with van der Waals surface area (Å²) in [4.78, 5) is 39.1. The van der Waals surface area contributed by atoms with E-state index in [0.717, 1.165) is 17.6 Å². The Morgan fingerprint density at radius 3 is 2.57 bits per heavy atom. The zero-order valence-corrected chi connectivity index (χ0v) is 19.0. The molecule has 2 aliphatic rings. The number of halogens is 1. The van der Waals surface area contributed by atoms with Crippen molar-refractivity contribution in [1.82, 2.24) is 10.2 Å². The first-order valence-electron chi connectivity index (χ1n) is 9.66. The van der Waals surface area contributed by atoms with Crippen molar-refractivity contribution in [3.05, 3.63) is 23.2 Å². The first-order valence-corrected chi connectivity index (χ1v) is 11.9. The molecule has 1 aliphatic heterocycles. The van der Waals surface area contributed by atoms with Gasteiger partial charge in [0, 0.05) is 6.26 Å². The van der Waals surface area contributed by atoms with Gasteiger partial charge in [0.05, 0.1) is 15.6 Å². The minimum atomic E-state index is -3.49. The fourth-order valence-electron chi connectivity index (χ4n) is 4.81. The predicted molar refractivity (Wildman–Crippen MR) is 113 cm³/mol. The largest absolute Gasteiger partial charge is 0.325 e. The summed E-state index contributed by atoms with van der Waals surface area (Å²) < 4.78 is 23.5. The number of rotatable bonds is 4. The molecular formula is C20H26ClN3O5S. The van der Waals surface area contributed by atoms with Crippen LogP contribution in [0.25, 0.3) is 0 Å². The minimum Gasteiger partial charge on any atom is -0.323 e. The molecule has 1 heterocycles. The molecule has 8 nitrogen and oxygen atoms in total. The molecule has 1 aromatic carbocycles. The van der Waals surface area contributed by atoms with Gasteiger partial charge in [-0.2, -0.15) is 0 Å². The van der Waals surface area contributed by atoms with Crippen molar-refractivity contribution in [2.45, 2.75) is 50.5 Å².